The Morgan fingerprint density at radius 2 is 2.29 bits per heavy atom. The molecule has 90 valence electrons. The van der Waals surface area contributed by atoms with E-state index in [1.807, 2.05) is 25.1 Å². The third-order valence-electron chi connectivity index (χ3n) is 2.25. The van der Waals surface area contributed by atoms with Gasteiger partial charge in [0.15, 0.2) is 6.10 Å². The van der Waals surface area contributed by atoms with Gasteiger partial charge >= 0.3 is 0 Å². The van der Waals surface area contributed by atoms with Crippen molar-refractivity contribution in [2.24, 2.45) is 5.73 Å². The number of hydrogen-bond donors (Lipinski definition) is 1. The lowest BCUT2D eigenvalue weighted by Crippen LogP contribution is -2.17. The third kappa shape index (κ3) is 3.08. The zero-order chi connectivity index (χ0) is 12.3. The van der Waals surface area contributed by atoms with Gasteiger partial charge in [-0.25, -0.2) is 0 Å². The minimum Gasteiger partial charge on any atom is -0.479 e. The first-order chi connectivity index (χ1) is 8.19. The number of nitrogens with two attached hydrogens (primary N) is 1. The van der Waals surface area contributed by atoms with Crippen LogP contribution in [0.25, 0.3) is 0 Å². The van der Waals surface area contributed by atoms with Crippen LogP contribution < -0.4 is 10.5 Å². The van der Waals surface area contributed by atoms with Gasteiger partial charge in [0.2, 0.25) is 0 Å². The predicted molar refractivity (Wildman–Crippen MR) is 67.8 cm³/mol. The molecule has 2 heterocycles. The molecule has 2 aromatic rings. The molecule has 0 aliphatic rings. The van der Waals surface area contributed by atoms with Gasteiger partial charge in [0, 0.05) is 17.2 Å². The Morgan fingerprint density at radius 3 is 2.88 bits per heavy atom. The quantitative estimate of drug-likeness (QED) is 0.942. The molecule has 2 rings (SSSR count). The van der Waals surface area contributed by atoms with Crippen LogP contribution in [0, 0.1) is 6.92 Å². The summed E-state index contributed by atoms with van der Waals surface area (Å²) in [6.45, 7) is 2.23. The highest BCUT2D eigenvalue weighted by molar-refractivity contribution is 9.10. The second-order valence-corrected chi connectivity index (χ2v) is 4.55. The molecule has 1 atom stereocenters. The molecule has 1 unspecified atom stereocenters. The third-order valence-corrected chi connectivity index (χ3v) is 2.68. The van der Waals surface area contributed by atoms with Crippen molar-refractivity contribution in [1.29, 1.82) is 0 Å². The zero-order valence-corrected chi connectivity index (χ0v) is 11.0. The lowest BCUT2D eigenvalue weighted by atomic mass is 10.2. The second-order valence-electron chi connectivity index (χ2n) is 3.63. The molecule has 0 spiro atoms. The van der Waals surface area contributed by atoms with E-state index in [4.69, 9.17) is 14.9 Å². The van der Waals surface area contributed by atoms with Crippen LogP contribution in [0.3, 0.4) is 0 Å². The van der Waals surface area contributed by atoms with E-state index in [0.29, 0.717) is 12.3 Å². The average Bonchev–Trinajstić information content (AvgIpc) is 2.73. The van der Waals surface area contributed by atoms with Crippen molar-refractivity contribution in [2.45, 2.75) is 13.0 Å². The van der Waals surface area contributed by atoms with E-state index < -0.39 is 0 Å². The Labute approximate surface area is 108 Å². The van der Waals surface area contributed by atoms with Crippen molar-refractivity contribution >= 4 is 15.9 Å². The van der Waals surface area contributed by atoms with Gasteiger partial charge in [-0.2, -0.15) is 0 Å². The summed E-state index contributed by atoms with van der Waals surface area (Å²) in [5, 5.41) is 0. The van der Waals surface area contributed by atoms with Gasteiger partial charge in [-0.15, -0.1) is 0 Å². The highest BCUT2D eigenvalue weighted by Gasteiger charge is 2.15. The number of hydrogen-bond acceptors (Lipinski definition) is 4. The summed E-state index contributed by atoms with van der Waals surface area (Å²) in [5.74, 6) is 2.23. The van der Waals surface area contributed by atoms with Crippen LogP contribution in [0.1, 0.15) is 17.6 Å². The summed E-state index contributed by atoms with van der Waals surface area (Å²) in [6.07, 6.45) is 3.05. The van der Waals surface area contributed by atoms with Gasteiger partial charge in [0.25, 0.3) is 0 Å². The van der Waals surface area contributed by atoms with Gasteiger partial charge in [0.05, 0.1) is 6.20 Å². The molecule has 0 fully saturated rings. The van der Waals surface area contributed by atoms with E-state index in [1.165, 1.54) is 0 Å². The molecule has 0 saturated heterocycles. The second kappa shape index (κ2) is 5.33. The minimum absolute atomic E-state index is 0.292. The van der Waals surface area contributed by atoms with Crippen molar-refractivity contribution < 1.29 is 9.15 Å². The van der Waals surface area contributed by atoms with Crippen molar-refractivity contribution in [1.82, 2.24) is 4.98 Å². The summed E-state index contributed by atoms with van der Waals surface area (Å²) in [7, 11) is 0. The lowest BCUT2D eigenvalue weighted by Gasteiger charge is -2.14. The highest BCUT2D eigenvalue weighted by atomic mass is 79.9. The van der Waals surface area contributed by atoms with Crippen molar-refractivity contribution in [3.8, 4) is 5.75 Å². The number of aryl methyl sites for hydroxylation is 1. The molecular formula is C12H13BrN2O2. The summed E-state index contributed by atoms with van der Waals surface area (Å²) >= 11 is 3.34. The largest absolute Gasteiger partial charge is 0.479 e. The maximum absolute atomic E-state index is 5.73. The fourth-order valence-corrected chi connectivity index (χ4v) is 1.81. The standard InChI is InChI=1S/C12H13BrN2O2/c1-8-2-3-11(16-8)12(5-14)17-10-4-9(13)6-15-7-10/h2-4,6-7,12H,5,14H2,1H3. The SMILES string of the molecule is Cc1ccc(C(CN)Oc2cncc(Br)c2)o1. The molecule has 0 aromatic carbocycles. The molecule has 2 N–H and O–H groups in total. The maximum Gasteiger partial charge on any atom is 0.168 e. The molecular weight excluding hydrogens is 284 g/mol. The molecule has 2 aromatic heterocycles. The molecule has 0 aliphatic carbocycles. The molecule has 0 radical (unpaired) electrons. The van der Waals surface area contributed by atoms with Crippen LogP contribution in [0.4, 0.5) is 0 Å². The van der Waals surface area contributed by atoms with Crippen LogP contribution in [-0.2, 0) is 0 Å². The zero-order valence-electron chi connectivity index (χ0n) is 9.39. The molecule has 17 heavy (non-hydrogen) atoms. The molecule has 0 bridgehead atoms. The maximum atomic E-state index is 5.73. The van der Waals surface area contributed by atoms with Crippen molar-refractivity contribution in [3.05, 3.63) is 46.6 Å². The van der Waals surface area contributed by atoms with Crippen LogP contribution in [-0.4, -0.2) is 11.5 Å². The summed E-state index contributed by atoms with van der Waals surface area (Å²) in [5.41, 5.74) is 5.68. The van der Waals surface area contributed by atoms with E-state index in [1.54, 1.807) is 12.4 Å². The Bertz CT molecular complexity index is 499. The van der Waals surface area contributed by atoms with Crippen LogP contribution in [0.2, 0.25) is 0 Å². The Kier molecular flexibility index (Phi) is 3.81. The Hall–Kier alpha value is -1.33. The molecule has 5 heteroatoms. The van der Waals surface area contributed by atoms with Crippen LogP contribution in [0.15, 0.2) is 39.5 Å². The average molecular weight is 297 g/mol. The molecule has 0 saturated carbocycles. The fraction of sp³-hybridized carbons (Fsp3) is 0.250. The number of pyridine rings is 1. The fourth-order valence-electron chi connectivity index (χ4n) is 1.47. The molecule has 0 amide bonds. The van der Waals surface area contributed by atoms with E-state index in [-0.39, 0.29) is 6.10 Å². The first kappa shape index (κ1) is 12.1. The van der Waals surface area contributed by atoms with E-state index in [9.17, 15) is 0 Å². The van der Waals surface area contributed by atoms with Crippen molar-refractivity contribution in [2.75, 3.05) is 6.54 Å². The monoisotopic (exact) mass is 296 g/mol. The van der Waals surface area contributed by atoms with Gasteiger partial charge in [-0.05, 0) is 41.1 Å². The van der Waals surface area contributed by atoms with Crippen LogP contribution in [0.5, 0.6) is 5.75 Å². The van der Waals surface area contributed by atoms with E-state index >= 15 is 0 Å². The Morgan fingerprint density at radius 1 is 1.47 bits per heavy atom. The van der Waals surface area contributed by atoms with Gasteiger partial charge in [-0.1, -0.05) is 0 Å². The number of ether oxygens (including phenoxy) is 1. The minimum atomic E-state index is -0.292. The first-order valence-corrected chi connectivity index (χ1v) is 6.02. The first-order valence-electron chi connectivity index (χ1n) is 5.22. The summed E-state index contributed by atoms with van der Waals surface area (Å²) in [6, 6.07) is 5.60. The van der Waals surface area contributed by atoms with E-state index in [2.05, 4.69) is 20.9 Å². The van der Waals surface area contributed by atoms with Crippen molar-refractivity contribution in [3.63, 3.8) is 0 Å². The topological polar surface area (TPSA) is 61.3 Å². The highest BCUT2D eigenvalue weighted by Crippen LogP contribution is 2.24. The van der Waals surface area contributed by atoms with Crippen LogP contribution >= 0.6 is 15.9 Å². The normalized spacial score (nSPS) is 12.4. The molecule has 4 nitrogen and oxygen atoms in total. The van der Waals surface area contributed by atoms with Gasteiger partial charge in [0.1, 0.15) is 17.3 Å². The summed E-state index contributed by atoms with van der Waals surface area (Å²) in [4.78, 5) is 4.03. The number of rotatable bonds is 4. The summed E-state index contributed by atoms with van der Waals surface area (Å²) < 4.78 is 12.1. The van der Waals surface area contributed by atoms with Gasteiger partial charge in [-0.3, -0.25) is 4.98 Å². The number of furan rings is 1. The number of nitrogens with zero attached hydrogens (tertiary/aromatic N) is 1. The number of aromatic nitrogens is 1. The number of halogens is 1. The molecule has 0 aliphatic heterocycles. The lowest BCUT2D eigenvalue weighted by molar-refractivity contribution is 0.181. The van der Waals surface area contributed by atoms with E-state index in [0.717, 1.165) is 16.0 Å². The van der Waals surface area contributed by atoms with Gasteiger partial charge < -0.3 is 14.9 Å². The predicted octanol–water partition coefficient (Wildman–Crippen LogP) is 2.82. The smallest absolute Gasteiger partial charge is 0.168 e. The Balaban J connectivity index is 2.15.